The van der Waals surface area contributed by atoms with Crippen LogP contribution in [0.15, 0.2) is 48.7 Å². The first kappa shape index (κ1) is 16.1. The number of carbonyl (C=O) groups excluding carboxylic acids is 2. The van der Waals surface area contributed by atoms with Crippen LogP contribution in [0.25, 0.3) is 5.69 Å². The van der Waals surface area contributed by atoms with Crippen LogP contribution in [0.1, 0.15) is 23.1 Å². The van der Waals surface area contributed by atoms with Crippen LogP contribution >= 0.6 is 11.6 Å². The predicted octanol–water partition coefficient (Wildman–Crippen LogP) is 3.41. The lowest BCUT2D eigenvalue weighted by Crippen LogP contribution is -2.43. The van der Waals surface area contributed by atoms with Gasteiger partial charge in [0, 0.05) is 17.7 Å². The van der Waals surface area contributed by atoms with Crippen molar-refractivity contribution < 1.29 is 9.59 Å². The Kier molecular flexibility index (Phi) is 3.24. The molecule has 2 N–H and O–H groups in total. The molecule has 6 nitrogen and oxygen atoms in total. The summed E-state index contributed by atoms with van der Waals surface area (Å²) < 4.78 is 1.58. The Labute approximate surface area is 160 Å². The van der Waals surface area contributed by atoms with Crippen LogP contribution < -0.4 is 10.6 Å². The van der Waals surface area contributed by atoms with Gasteiger partial charge in [-0.1, -0.05) is 41.9 Å². The molecule has 0 aliphatic carbocycles. The highest BCUT2D eigenvalue weighted by Crippen LogP contribution is 2.51. The van der Waals surface area contributed by atoms with Crippen LogP contribution in [0.4, 0.5) is 11.5 Å². The number of halogens is 1. The smallest absolute Gasteiger partial charge is 0.240 e. The highest BCUT2D eigenvalue weighted by Gasteiger charge is 2.54. The molecular formula is C20H15ClN4O2. The van der Waals surface area contributed by atoms with E-state index in [1.54, 1.807) is 16.9 Å². The number of amides is 2. The van der Waals surface area contributed by atoms with Crippen molar-refractivity contribution in [2.45, 2.75) is 18.8 Å². The largest absolute Gasteiger partial charge is 0.324 e. The summed E-state index contributed by atoms with van der Waals surface area (Å²) in [7, 11) is 0. The van der Waals surface area contributed by atoms with E-state index >= 15 is 0 Å². The number of fused-ring (bicyclic) bond motifs is 4. The zero-order valence-corrected chi connectivity index (χ0v) is 15.2. The topological polar surface area (TPSA) is 76.0 Å². The molecule has 0 unspecified atom stereocenters. The van der Waals surface area contributed by atoms with Crippen molar-refractivity contribution in [1.29, 1.82) is 0 Å². The number of nitrogens with one attached hydrogen (secondary N) is 2. The standard InChI is InChI=1S/C20H15ClN4O2/c1-11-5-4-6-12-17(11)24-19(27)20(12)9-16(26)23-18-13(20)10-22-25(18)15-8-3-2-7-14(15)21/h2-8,10H,9H2,1H3,(H,23,26)(H,24,27)/t20-/m1/s1. The number of carbonyl (C=O) groups is 2. The molecule has 3 heterocycles. The Morgan fingerprint density at radius 3 is 2.70 bits per heavy atom. The van der Waals surface area contributed by atoms with Gasteiger partial charge in [-0.2, -0.15) is 5.10 Å². The molecule has 0 saturated carbocycles. The Morgan fingerprint density at radius 2 is 1.89 bits per heavy atom. The molecule has 2 aliphatic rings. The summed E-state index contributed by atoms with van der Waals surface area (Å²) in [5.74, 6) is 0.0336. The van der Waals surface area contributed by atoms with Crippen LogP contribution in [0, 0.1) is 6.92 Å². The zero-order chi connectivity index (χ0) is 18.8. The van der Waals surface area contributed by atoms with E-state index in [0.717, 1.165) is 16.8 Å². The van der Waals surface area contributed by atoms with Crippen molar-refractivity contribution in [1.82, 2.24) is 9.78 Å². The van der Waals surface area contributed by atoms with Crippen molar-refractivity contribution >= 4 is 34.9 Å². The number of hydrogen-bond acceptors (Lipinski definition) is 3. The van der Waals surface area contributed by atoms with Crippen LogP contribution in [-0.2, 0) is 15.0 Å². The lowest BCUT2D eigenvalue weighted by Gasteiger charge is -2.31. The van der Waals surface area contributed by atoms with Crippen LogP contribution in [0.3, 0.4) is 0 Å². The SMILES string of the molecule is Cc1cccc2c1NC(=O)[C@]21CC(=O)Nc2c1cnn2-c1ccccc1Cl. The molecule has 2 amide bonds. The zero-order valence-electron chi connectivity index (χ0n) is 14.4. The van der Waals surface area contributed by atoms with Gasteiger partial charge in [0.05, 0.1) is 16.9 Å². The van der Waals surface area contributed by atoms with Gasteiger partial charge in [-0.3, -0.25) is 9.59 Å². The molecule has 2 aromatic carbocycles. The fourth-order valence-corrected chi connectivity index (χ4v) is 4.29. The first-order valence-corrected chi connectivity index (χ1v) is 8.95. The molecule has 0 bridgehead atoms. The predicted molar refractivity (Wildman–Crippen MR) is 102 cm³/mol. The van der Waals surface area contributed by atoms with Gasteiger partial charge in [-0.05, 0) is 30.2 Å². The second kappa shape index (κ2) is 5.44. The molecule has 1 atom stereocenters. The van der Waals surface area contributed by atoms with E-state index in [2.05, 4.69) is 15.7 Å². The Hall–Kier alpha value is -3.12. The maximum atomic E-state index is 13.1. The number of nitrogens with zero attached hydrogens (tertiary/aromatic N) is 2. The van der Waals surface area contributed by atoms with E-state index in [1.807, 2.05) is 43.3 Å². The summed E-state index contributed by atoms with van der Waals surface area (Å²) in [5, 5.41) is 10.8. The molecule has 0 saturated heterocycles. The summed E-state index contributed by atoms with van der Waals surface area (Å²) in [5.41, 5.74) is 2.77. The van der Waals surface area contributed by atoms with Gasteiger partial charge in [0.15, 0.2) is 0 Å². The molecular weight excluding hydrogens is 364 g/mol. The highest BCUT2D eigenvalue weighted by molar-refractivity contribution is 6.32. The molecule has 5 rings (SSSR count). The minimum Gasteiger partial charge on any atom is -0.324 e. The van der Waals surface area contributed by atoms with Gasteiger partial charge in [0.25, 0.3) is 0 Å². The molecule has 0 fully saturated rings. The van der Waals surface area contributed by atoms with Gasteiger partial charge in [0.1, 0.15) is 11.2 Å². The molecule has 134 valence electrons. The summed E-state index contributed by atoms with van der Waals surface area (Å²) in [6.45, 7) is 1.94. The van der Waals surface area contributed by atoms with Gasteiger partial charge in [-0.25, -0.2) is 4.68 Å². The minimum atomic E-state index is -1.08. The molecule has 1 spiro atoms. The second-order valence-corrected chi connectivity index (χ2v) is 7.26. The van der Waals surface area contributed by atoms with Gasteiger partial charge in [-0.15, -0.1) is 0 Å². The third-order valence-electron chi connectivity index (χ3n) is 5.35. The van der Waals surface area contributed by atoms with Crippen molar-refractivity contribution in [2.24, 2.45) is 0 Å². The first-order valence-electron chi connectivity index (χ1n) is 8.57. The lowest BCUT2D eigenvalue weighted by atomic mass is 9.71. The number of aromatic nitrogens is 2. The fraction of sp³-hybridized carbons (Fsp3) is 0.150. The van der Waals surface area contributed by atoms with Crippen molar-refractivity contribution in [3.63, 3.8) is 0 Å². The Balaban J connectivity index is 1.79. The molecule has 27 heavy (non-hydrogen) atoms. The van der Waals surface area contributed by atoms with Gasteiger partial charge >= 0.3 is 0 Å². The van der Waals surface area contributed by atoms with E-state index in [4.69, 9.17) is 11.6 Å². The highest BCUT2D eigenvalue weighted by atomic mass is 35.5. The average Bonchev–Trinajstić information content (AvgIpc) is 3.17. The van der Waals surface area contributed by atoms with Gasteiger partial charge in [0.2, 0.25) is 11.8 Å². The fourth-order valence-electron chi connectivity index (χ4n) is 4.07. The molecule has 1 aromatic heterocycles. The third kappa shape index (κ3) is 2.04. The van der Waals surface area contributed by atoms with Crippen molar-refractivity contribution in [2.75, 3.05) is 10.6 Å². The Bertz CT molecular complexity index is 1140. The average molecular weight is 379 g/mol. The number of hydrogen-bond donors (Lipinski definition) is 2. The maximum Gasteiger partial charge on any atom is 0.240 e. The van der Waals surface area contributed by atoms with Gasteiger partial charge < -0.3 is 10.6 Å². The number of para-hydroxylation sites is 2. The minimum absolute atomic E-state index is 0.0382. The number of anilines is 2. The molecule has 7 heteroatoms. The maximum absolute atomic E-state index is 13.1. The summed E-state index contributed by atoms with van der Waals surface area (Å²) in [6.07, 6.45) is 1.69. The van der Waals surface area contributed by atoms with Crippen molar-refractivity contribution in [3.8, 4) is 5.69 Å². The number of aryl methyl sites for hydroxylation is 1. The van der Waals surface area contributed by atoms with Crippen LogP contribution in [0.2, 0.25) is 5.02 Å². The summed E-state index contributed by atoms with van der Waals surface area (Å²) in [6, 6.07) is 13.0. The summed E-state index contributed by atoms with van der Waals surface area (Å²) >= 11 is 6.32. The van der Waals surface area contributed by atoms with E-state index in [-0.39, 0.29) is 18.2 Å². The van der Waals surface area contributed by atoms with E-state index in [0.29, 0.717) is 22.1 Å². The normalized spacial score (nSPS) is 20.2. The lowest BCUT2D eigenvalue weighted by molar-refractivity contribution is -0.125. The van der Waals surface area contributed by atoms with Crippen LogP contribution in [0.5, 0.6) is 0 Å². The Morgan fingerprint density at radius 1 is 1.07 bits per heavy atom. The van der Waals surface area contributed by atoms with Crippen LogP contribution in [-0.4, -0.2) is 21.6 Å². The first-order chi connectivity index (χ1) is 13.0. The number of rotatable bonds is 1. The van der Waals surface area contributed by atoms with E-state index in [1.165, 1.54) is 0 Å². The third-order valence-corrected chi connectivity index (χ3v) is 5.67. The quantitative estimate of drug-likeness (QED) is 0.681. The van der Waals surface area contributed by atoms with E-state index < -0.39 is 5.41 Å². The van der Waals surface area contributed by atoms with Crippen molar-refractivity contribution in [3.05, 3.63) is 70.4 Å². The monoisotopic (exact) mass is 378 g/mol. The van der Waals surface area contributed by atoms with E-state index in [9.17, 15) is 9.59 Å². The molecule has 3 aromatic rings. The second-order valence-electron chi connectivity index (χ2n) is 6.85. The number of benzene rings is 2. The summed E-state index contributed by atoms with van der Waals surface area (Å²) in [4.78, 5) is 25.8. The molecule has 0 radical (unpaired) electrons. The molecule has 2 aliphatic heterocycles.